The SMILES string of the molecule is c1ccc(-c2ccccc2-c2ccccc2-c2ccccc2N(c2ccc(-c3ccc(C4CCCCC4)cc3)cc2)c2cccc3c2-c2ccccc2C32c3ccccc3-c3ccccc32)cc1. The van der Waals surface area contributed by atoms with Crippen LogP contribution >= 0.6 is 0 Å². The van der Waals surface area contributed by atoms with Gasteiger partial charge in [0.2, 0.25) is 0 Å². The van der Waals surface area contributed by atoms with Crippen molar-refractivity contribution in [3.8, 4) is 66.8 Å². The predicted octanol–water partition coefficient (Wildman–Crippen LogP) is 18.2. The molecule has 0 N–H and O–H groups in total. The van der Waals surface area contributed by atoms with Gasteiger partial charge in [0.15, 0.2) is 0 Å². The Hall–Kier alpha value is -8.00. The molecule has 1 fully saturated rings. The van der Waals surface area contributed by atoms with E-state index in [2.05, 4.69) is 248 Å². The van der Waals surface area contributed by atoms with E-state index in [0.29, 0.717) is 5.92 Å². The molecule has 1 saturated carbocycles. The lowest BCUT2D eigenvalue weighted by molar-refractivity contribution is 0.443. The van der Waals surface area contributed by atoms with Crippen molar-refractivity contribution in [3.05, 3.63) is 270 Å². The Balaban J connectivity index is 1.03. The highest BCUT2D eigenvalue weighted by molar-refractivity contribution is 6.03. The van der Waals surface area contributed by atoms with Gasteiger partial charge >= 0.3 is 0 Å². The first kappa shape index (κ1) is 40.3. The largest absolute Gasteiger partial charge is 0.309 e. The number of nitrogens with zero attached hydrogens (tertiary/aromatic N) is 1. The lowest BCUT2D eigenvalue weighted by Gasteiger charge is -2.32. The fraction of sp³-hybridized carbons (Fsp3) is 0.104. The molecule has 10 aromatic carbocycles. The molecule has 0 saturated heterocycles. The van der Waals surface area contributed by atoms with Crippen LogP contribution in [0.3, 0.4) is 0 Å². The van der Waals surface area contributed by atoms with Crippen LogP contribution in [0.15, 0.2) is 243 Å². The van der Waals surface area contributed by atoms with E-state index in [0.717, 1.165) is 17.1 Å². The number of anilines is 3. The van der Waals surface area contributed by atoms with Crippen molar-refractivity contribution in [2.45, 2.75) is 43.4 Å². The second-order valence-electron chi connectivity index (χ2n) is 18.9. The average molecular weight is 870 g/mol. The van der Waals surface area contributed by atoms with Crippen LogP contribution in [0.2, 0.25) is 0 Å². The van der Waals surface area contributed by atoms with Crippen LogP contribution in [0.4, 0.5) is 17.1 Å². The summed E-state index contributed by atoms with van der Waals surface area (Å²) >= 11 is 0. The van der Waals surface area contributed by atoms with E-state index < -0.39 is 5.41 Å². The summed E-state index contributed by atoms with van der Waals surface area (Å²) in [5.74, 6) is 0.689. The number of hydrogen-bond acceptors (Lipinski definition) is 1. The molecule has 0 amide bonds. The molecule has 0 unspecified atom stereocenters. The first-order chi connectivity index (χ1) is 33.8. The summed E-state index contributed by atoms with van der Waals surface area (Å²) in [4.78, 5) is 2.55. The van der Waals surface area contributed by atoms with Gasteiger partial charge in [0.1, 0.15) is 0 Å². The maximum absolute atomic E-state index is 2.55. The zero-order chi connectivity index (χ0) is 45.0. The van der Waals surface area contributed by atoms with E-state index in [4.69, 9.17) is 0 Å². The van der Waals surface area contributed by atoms with Crippen LogP contribution in [0.25, 0.3) is 66.8 Å². The van der Waals surface area contributed by atoms with Crippen LogP contribution in [-0.2, 0) is 5.41 Å². The Morgan fingerprint density at radius 3 is 1.37 bits per heavy atom. The van der Waals surface area contributed by atoms with Gasteiger partial charge in [-0.1, -0.05) is 238 Å². The third kappa shape index (κ3) is 6.37. The molecule has 1 heteroatoms. The highest BCUT2D eigenvalue weighted by Crippen LogP contribution is 2.65. The Bertz CT molecular complexity index is 3440. The van der Waals surface area contributed by atoms with Crippen molar-refractivity contribution >= 4 is 17.1 Å². The van der Waals surface area contributed by atoms with Crippen LogP contribution in [0.5, 0.6) is 0 Å². The standard InChI is InChI=1S/C67H51N/c1-3-20-46(21-4-1)47-38-40-48(41-39-47)49-42-44-51(45-43-49)68(64-36-18-14-30-58(64)55-27-10-9-26-54(55)53-25-8-7-24-52(53)50-22-5-2-6-23-50)65-37-19-35-63-66(65)59-31-13-17-34-62(59)67(63)60-32-15-11-28-56(60)57-29-12-16-33-61(57)67/h2,5-19,22-46H,1,3-4,20-21H2. The summed E-state index contributed by atoms with van der Waals surface area (Å²) in [5, 5.41) is 0. The average Bonchev–Trinajstić information content (AvgIpc) is 3.90. The van der Waals surface area contributed by atoms with Gasteiger partial charge < -0.3 is 4.90 Å². The van der Waals surface area contributed by atoms with Gasteiger partial charge in [-0.25, -0.2) is 0 Å². The molecule has 3 aliphatic carbocycles. The van der Waals surface area contributed by atoms with Gasteiger partial charge in [-0.05, 0) is 126 Å². The van der Waals surface area contributed by atoms with Gasteiger partial charge in [0, 0.05) is 16.8 Å². The molecule has 13 rings (SSSR count). The number of para-hydroxylation sites is 1. The maximum Gasteiger partial charge on any atom is 0.0726 e. The fourth-order valence-corrected chi connectivity index (χ4v) is 12.3. The normalized spacial score (nSPS) is 14.2. The summed E-state index contributed by atoms with van der Waals surface area (Å²) in [5.41, 5.74) is 24.6. The van der Waals surface area contributed by atoms with E-state index in [1.54, 1.807) is 0 Å². The molecule has 0 bridgehead atoms. The molecule has 0 aromatic heterocycles. The smallest absolute Gasteiger partial charge is 0.0726 e. The monoisotopic (exact) mass is 869 g/mol. The first-order valence-electron chi connectivity index (χ1n) is 24.5. The van der Waals surface area contributed by atoms with Gasteiger partial charge in [-0.2, -0.15) is 0 Å². The number of benzene rings is 10. The van der Waals surface area contributed by atoms with Gasteiger partial charge in [-0.3, -0.25) is 0 Å². The molecular weight excluding hydrogens is 819 g/mol. The Morgan fingerprint density at radius 2 is 0.735 bits per heavy atom. The molecule has 10 aromatic rings. The molecule has 68 heavy (non-hydrogen) atoms. The Labute approximate surface area is 400 Å². The zero-order valence-corrected chi connectivity index (χ0v) is 38.2. The molecule has 1 spiro atoms. The minimum absolute atomic E-state index is 0.457. The fourth-order valence-electron chi connectivity index (χ4n) is 12.3. The van der Waals surface area contributed by atoms with E-state index in [1.807, 2.05) is 0 Å². The maximum atomic E-state index is 2.55. The van der Waals surface area contributed by atoms with Crippen molar-refractivity contribution < 1.29 is 0 Å². The summed E-state index contributed by atoms with van der Waals surface area (Å²) in [6.07, 6.45) is 6.68. The third-order valence-corrected chi connectivity index (χ3v) is 15.4. The van der Waals surface area contributed by atoms with E-state index in [1.165, 1.54) is 127 Å². The molecule has 0 heterocycles. The van der Waals surface area contributed by atoms with Gasteiger partial charge in [-0.15, -0.1) is 0 Å². The van der Waals surface area contributed by atoms with E-state index >= 15 is 0 Å². The van der Waals surface area contributed by atoms with Crippen LogP contribution in [0, 0.1) is 0 Å². The van der Waals surface area contributed by atoms with Crippen LogP contribution in [-0.4, -0.2) is 0 Å². The Kier molecular flexibility index (Phi) is 9.90. The van der Waals surface area contributed by atoms with Crippen LogP contribution < -0.4 is 4.90 Å². The summed E-state index contributed by atoms with van der Waals surface area (Å²) < 4.78 is 0. The summed E-state index contributed by atoms with van der Waals surface area (Å²) in [7, 11) is 0. The molecule has 0 aliphatic heterocycles. The van der Waals surface area contributed by atoms with Crippen molar-refractivity contribution in [3.63, 3.8) is 0 Å². The third-order valence-electron chi connectivity index (χ3n) is 15.4. The minimum atomic E-state index is -0.457. The number of fused-ring (bicyclic) bond motifs is 10. The lowest BCUT2D eigenvalue weighted by atomic mass is 9.70. The zero-order valence-electron chi connectivity index (χ0n) is 38.2. The summed E-state index contributed by atoms with van der Waals surface area (Å²) in [6.45, 7) is 0. The topological polar surface area (TPSA) is 3.24 Å². The summed E-state index contributed by atoms with van der Waals surface area (Å²) in [6, 6.07) is 90.9. The molecule has 324 valence electrons. The quantitative estimate of drug-likeness (QED) is 0.147. The Morgan fingerprint density at radius 1 is 0.294 bits per heavy atom. The van der Waals surface area contributed by atoms with E-state index in [-0.39, 0.29) is 0 Å². The van der Waals surface area contributed by atoms with Crippen LogP contribution in [0.1, 0.15) is 65.8 Å². The van der Waals surface area contributed by atoms with Crippen molar-refractivity contribution in [1.82, 2.24) is 0 Å². The van der Waals surface area contributed by atoms with Crippen molar-refractivity contribution in [2.75, 3.05) is 4.90 Å². The van der Waals surface area contributed by atoms with Gasteiger partial charge in [0.25, 0.3) is 0 Å². The van der Waals surface area contributed by atoms with E-state index in [9.17, 15) is 0 Å². The van der Waals surface area contributed by atoms with Gasteiger partial charge in [0.05, 0.1) is 16.8 Å². The molecule has 3 aliphatic rings. The highest BCUT2D eigenvalue weighted by Gasteiger charge is 2.52. The lowest BCUT2D eigenvalue weighted by Crippen LogP contribution is -2.26. The second-order valence-corrected chi connectivity index (χ2v) is 18.9. The molecule has 0 radical (unpaired) electrons. The van der Waals surface area contributed by atoms with Crippen molar-refractivity contribution in [1.29, 1.82) is 0 Å². The molecular formula is C67H51N. The minimum Gasteiger partial charge on any atom is -0.309 e. The predicted molar refractivity (Wildman–Crippen MR) is 285 cm³/mol. The number of hydrogen-bond donors (Lipinski definition) is 0. The molecule has 1 nitrogen and oxygen atoms in total. The van der Waals surface area contributed by atoms with Crippen molar-refractivity contribution in [2.24, 2.45) is 0 Å². The second kappa shape index (κ2) is 16.7. The molecule has 0 atom stereocenters. The highest BCUT2D eigenvalue weighted by atomic mass is 15.1. The first-order valence-corrected chi connectivity index (χ1v) is 24.5. The number of rotatable bonds is 8.